The number of nitrogens with one attached hydrogen (secondary N) is 4. The highest BCUT2D eigenvalue weighted by Gasteiger charge is 2.47. The third-order valence-corrected chi connectivity index (χ3v) is 10.4. The number of halogens is 2. The van der Waals surface area contributed by atoms with Gasteiger partial charge < -0.3 is 35.3 Å². The smallest absolute Gasteiger partial charge is 0.296 e. The van der Waals surface area contributed by atoms with Gasteiger partial charge in [0.15, 0.2) is 5.58 Å². The number of rotatable bonds is 15. The summed E-state index contributed by atoms with van der Waals surface area (Å²) in [7, 11) is 0. The van der Waals surface area contributed by atoms with Crippen LogP contribution < -0.4 is 26.0 Å². The summed E-state index contributed by atoms with van der Waals surface area (Å²) >= 11 is 6.03. The topological polar surface area (TPSA) is 185 Å². The van der Waals surface area contributed by atoms with Crippen LogP contribution in [0.3, 0.4) is 0 Å². The van der Waals surface area contributed by atoms with E-state index < -0.39 is 70.9 Å². The van der Waals surface area contributed by atoms with Gasteiger partial charge in [-0.05, 0) is 74.1 Å². The number of likely N-dealkylation sites (tertiary alicyclic amines) is 1. The first kappa shape index (κ1) is 40.6. The number of hydrogen-bond acceptors (Lipinski definition) is 10. The fourth-order valence-electron chi connectivity index (χ4n) is 7.02. The number of nitrogens with zero attached hydrogens (tertiary/aromatic N) is 3. The van der Waals surface area contributed by atoms with Gasteiger partial charge in [0.1, 0.15) is 35.6 Å². The van der Waals surface area contributed by atoms with E-state index in [4.69, 9.17) is 20.8 Å². The van der Waals surface area contributed by atoms with E-state index in [-0.39, 0.29) is 42.8 Å². The van der Waals surface area contributed by atoms with Gasteiger partial charge in [0.25, 0.3) is 11.9 Å². The van der Waals surface area contributed by atoms with Crippen LogP contribution in [-0.2, 0) is 24.0 Å². The number of carbonyl (C=O) groups is 5. The van der Waals surface area contributed by atoms with Crippen LogP contribution in [0, 0.1) is 11.2 Å². The Labute approximate surface area is 329 Å². The molecular formula is C40H49ClFN7O7. The predicted octanol–water partition coefficient (Wildman–Crippen LogP) is 5.01. The van der Waals surface area contributed by atoms with Crippen molar-refractivity contribution >= 4 is 58.1 Å². The van der Waals surface area contributed by atoms with Crippen LogP contribution in [0.15, 0.2) is 52.6 Å². The van der Waals surface area contributed by atoms with Crippen molar-refractivity contribution in [1.82, 2.24) is 30.8 Å². The summed E-state index contributed by atoms with van der Waals surface area (Å²) in [5.74, 6) is -3.43. The maximum atomic E-state index is 14.8. The quantitative estimate of drug-likeness (QED) is 0.121. The lowest BCUT2D eigenvalue weighted by atomic mass is 9.85. The van der Waals surface area contributed by atoms with Crippen molar-refractivity contribution in [2.75, 3.05) is 11.9 Å². The van der Waals surface area contributed by atoms with Crippen LogP contribution in [0.2, 0.25) is 5.02 Å². The molecule has 2 aromatic heterocycles. The van der Waals surface area contributed by atoms with Crippen molar-refractivity contribution in [3.05, 3.63) is 59.0 Å². The maximum Gasteiger partial charge on any atom is 0.296 e. The Hall–Kier alpha value is -5.05. The van der Waals surface area contributed by atoms with Gasteiger partial charge in [0.2, 0.25) is 29.4 Å². The lowest BCUT2D eigenvalue weighted by Gasteiger charge is -2.36. The number of benzene rings is 1. The van der Waals surface area contributed by atoms with E-state index in [0.717, 1.165) is 37.7 Å². The lowest BCUT2D eigenvalue weighted by Crippen LogP contribution is -2.60. The molecule has 0 spiro atoms. The number of aromatic nitrogens is 2. The molecule has 16 heteroatoms. The average Bonchev–Trinajstić information content (AvgIpc) is 3.73. The number of allylic oxidation sites excluding steroid dienone is 1. The van der Waals surface area contributed by atoms with E-state index in [1.165, 1.54) is 29.3 Å². The van der Waals surface area contributed by atoms with Gasteiger partial charge in [-0.15, -0.1) is 0 Å². The van der Waals surface area contributed by atoms with Gasteiger partial charge in [-0.2, -0.15) is 4.98 Å². The molecule has 56 heavy (non-hydrogen) atoms. The summed E-state index contributed by atoms with van der Waals surface area (Å²) in [5, 5.41) is 11.9. The summed E-state index contributed by atoms with van der Waals surface area (Å²) in [6.45, 7) is 7.21. The molecule has 2 fully saturated rings. The molecule has 3 aliphatic rings. The minimum Gasteiger partial charge on any atom is -0.472 e. The van der Waals surface area contributed by atoms with Gasteiger partial charge in [-0.3, -0.25) is 24.0 Å². The fourth-order valence-corrected chi connectivity index (χ4v) is 7.13. The van der Waals surface area contributed by atoms with Crippen molar-refractivity contribution < 1.29 is 37.5 Å². The zero-order chi connectivity index (χ0) is 40.1. The average molecular weight is 794 g/mol. The second-order valence-electron chi connectivity index (χ2n) is 15.8. The molecule has 14 nitrogen and oxygen atoms in total. The zero-order valence-corrected chi connectivity index (χ0v) is 32.8. The Morgan fingerprint density at radius 3 is 2.54 bits per heavy atom. The van der Waals surface area contributed by atoms with E-state index in [2.05, 4.69) is 31.2 Å². The second kappa shape index (κ2) is 17.4. The number of Topliss-reactive ketones (excluding diaryl/α,β-unsaturated/α-hetero) is 1. The minimum atomic E-state index is -1.14. The van der Waals surface area contributed by atoms with Crippen LogP contribution >= 0.6 is 11.6 Å². The number of ether oxygens (including phenoxy) is 1. The molecule has 1 saturated heterocycles. The van der Waals surface area contributed by atoms with Crippen molar-refractivity contribution in [3.8, 4) is 5.88 Å². The summed E-state index contributed by atoms with van der Waals surface area (Å²) in [6.07, 6.45) is 8.30. The molecule has 1 aliphatic heterocycles. The van der Waals surface area contributed by atoms with E-state index in [0.29, 0.717) is 23.4 Å². The molecule has 6 rings (SSSR count). The van der Waals surface area contributed by atoms with Crippen LogP contribution in [0.5, 0.6) is 5.88 Å². The second-order valence-corrected chi connectivity index (χ2v) is 16.2. The standard InChI is InChI=1S/C40H49ClFN7O7/c1-5-9-27(33(50)37(53)44-25-14-15-25)45-35(51)29-19-26(55-31-17-12-23(41)20-43-31)21-49(29)38(54)34(40(2,3)4)48-36(52)32(22-10-7-6-8-11-22)47-39-46-28-18-24(42)13-16-30(28)56-39/h10,12-13,16-18,20,25-27,29,32,34H,5-9,11,14-15,19,21H2,1-4H3,(H,44,53)(H,45,51)(H,46,47)(H,48,52)/t26-,27+,29+,32+,34-/m1/s1. The van der Waals surface area contributed by atoms with Crippen molar-refractivity contribution in [2.24, 2.45) is 5.41 Å². The SMILES string of the molecule is CCC[C@H](NC(=O)[C@@H]1C[C@@H](Oc2ccc(Cl)cn2)CN1C(=O)[C@@H](NC(=O)[C@@H](Nc1nc2cc(F)ccc2o1)C1=CCCCC1)C(C)(C)C)C(=O)C(=O)NC1CC1. The zero-order valence-electron chi connectivity index (χ0n) is 32.0. The molecule has 0 radical (unpaired) electrons. The number of amides is 4. The number of hydrogen-bond donors (Lipinski definition) is 4. The van der Waals surface area contributed by atoms with E-state index in [9.17, 15) is 28.4 Å². The normalized spacial score (nSPS) is 20.0. The van der Waals surface area contributed by atoms with Crippen molar-refractivity contribution in [2.45, 2.75) is 122 Å². The monoisotopic (exact) mass is 793 g/mol. The number of oxazole rings is 1. The van der Waals surface area contributed by atoms with Crippen molar-refractivity contribution in [1.29, 1.82) is 0 Å². The highest BCUT2D eigenvalue weighted by atomic mass is 35.5. The first-order valence-corrected chi connectivity index (χ1v) is 19.6. The predicted molar refractivity (Wildman–Crippen MR) is 206 cm³/mol. The Kier molecular flexibility index (Phi) is 12.6. The molecule has 2 aliphatic carbocycles. The van der Waals surface area contributed by atoms with Gasteiger partial charge in [0.05, 0.1) is 17.6 Å². The highest BCUT2D eigenvalue weighted by Crippen LogP contribution is 2.30. The minimum absolute atomic E-state index is 0.0185. The van der Waals surface area contributed by atoms with Gasteiger partial charge in [-0.1, -0.05) is 51.8 Å². The van der Waals surface area contributed by atoms with Crippen molar-refractivity contribution in [3.63, 3.8) is 0 Å². The molecule has 1 saturated carbocycles. The molecule has 1 aromatic carbocycles. The number of ketones is 1. The van der Waals surface area contributed by atoms with E-state index >= 15 is 0 Å². The van der Waals surface area contributed by atoms with Crippen LogP contribution in [0.25, 0.3) is 11.1 Å². The van der Waals surface area contributed by atoms with Gasteiger partial charge >= 0.3 is 0 Å². The Morgan fingerprint density at radius 1 is 1.09 bits per heavy atom. The Morgan fingerprint density at radius 2 is 1.88 bits per heavy atom. The van der Waals surface area contributed by atoms with Gasteiger partial charge in [-0.25, -0.2) is 9.37 Å². The molecule has 3 heterocycles. The molecule has 4 N–H and O–H groups in total. The number of carbonyl (C=O) groups excluding carboxylic acids is 5. The molecule has 0 unspecified atom stereocenters. The summed E-state index contributed by atoms with van der Waals surface area (Å²) in [6, 6.07) is 2.78. The first-order chi connectivity index (χ1) is 26.7. The fraction of sp³-hybridized carbons (Fsp3) is 0.525. The highest BCUT2D eigenvalue weighted by molar-refractivity contribution is 6.38. The molecule has 3 aromatic rings. The number of fused-ring (bicyclic) bond motifs is 1. The molecule has 0 bridgehead atoms. The Balaban J connectivity index is 1.26. The largest absolute Gasteiger partial charge is 0.472 e. The van der Waals surface area contributed by atoms with Crippen LogP contribution in [-0.4, -0.2) is 87.1 Å². The number of anilines is 1. The summed E-state index contributed by atoms with van der Waals surface area (Å²) in [4.78, 5) is 79.1. The number of pyridine rings is 1. The maximum absolute atomic E-state index is 14.8. The van der Waals surface area contributed by atoms with Crippen LogP contribution in [0.4, 0.5) is 10.4 Å². The molecule has 300 valence electrons. The molecular weight excluding hydrogens is 745 g/mol. The summed E-state index contributed by atoms with van der Waals surface area (Å²) < 4.78 is 25.9. The first-order valence-electron chi connectivity index (χ1n) is 19.3. The van der Waals surface area contributed by atoms with Gasteiger partial charge in [0, 0.05) is 30.8 Å². The van der Waals surface area contributed by atoms with Crippen LogP contribution in [0.1, 0.15) is 85.5 Å². The summed E-state index contributed by atoms with van der Waals surface area (Å²) in [5.41, 5.74) is 0.556. The third kappa shape index (κ3) is 10.0. The third-order valence-electron chi connectivity index (χ3n) is 10.2. The lowest BCUT2D eigenvalue weighted by molar-refractivity contribution is -0.145. The Bertz CT molecular complexity index is 1980. The molecule has 5 atom stereocenters. The molecule has 4 amide bonds. The van der Waals surface area contributed by atoms with E-state index in [1.54, 1.807) is 32.9 Å². The van der Waals surface area contributed by atoms with E-state index in [1.807, 2.05) is 13.0 Å².